The number of hydrogen-bond acceptors (Lipinski definition) is 4. The van der Waals surface area contributed by atoms with Gasteiger partial charge in [0.15, 0.2) is 0 Å². The van der Waals surface area contributed by atoms with Crippen LogP contribution in [0.2, 0.25) is 0 Å². The van der Waals surface area contributed by atoms with E-state index in [9.17, 15) is 19.6 Å². The van der Waals surface area contributed by atoms with Crippen molar-refractivity contribution in [1.82, 2.24) is 4.90 Å². The number of nitrogens with zero attached hydrogens (tertiary/aromatic N) is 3. The lowest BCUT2D eigenvalue weighted by Crippen LogP contribution is -2.46. The normalized spacial score (nSPS) is 22.9. The molecule has 0 aromatic heterocycles. The summed E-state index contributed by atoms with van der Waals surface area (Å²) in [6, 6.07) is 17.8. The molecule has 3 amide bonds. The van der Waals surface area contributed by atoms with Crippen molar-refractivity contribution in [1.29, 1.82) is 5.26 Å². The lowest BCUT2D eigenvalue weighted by Gasteiger charge is -2.27. The third kappa shape index (κ3) is 2.92. The molecule has 7 nitrogen and oxygen atoms in total. The molecule has 2 aromatic rings. The highest BCUT2D eigenvalue weighted by atomic mass is 16.2. The minimum atomic E-state index is -0.971. The third-order valence-corrected chi connectivity index (χ3v) is 6.13. The topological polar surface area (TPSA) is 93.5 Å². The Labute approximate surface area is 174 Å². The molecule has 2 aromatic carbocycles. The molecule has 0 radical (unpaired) electrons. The van der Waals surface area contributed by atoms with E-state index in [1.807, 2.05) is 42.5 Å². The quantitative estimate of drug-likeness (QED) is 0.797. The number of fused-ring (bicyclic) bond motifs is 2. The Bertz CT molecular complexity index is 1060. The first-order valence-corrected chi connectivity index (χ1v) is 9.83. The van der Waals surface area contributed by atoms with Crippen molar-refractivity contribution in [2.24, 2.45) is 5.92 Å². The Morgan fingerprint density at radius 3 is 2.57 bits per heavy atom. The van der Waals surface area contributed by atoms with E-state index >= 15 is 0 Å². The standard InChI is InChI=1S/C23H22N4O3/c1-15(20(28)26(2)16-8-4-3-5-9-16)21(29)27-14-23(12-17(27)13-24)18-10-6-7-11-19(18)25-22(23)30/h3-11,15,17H,12,14H2,1-2H3,(H,25,30)/t15?,17?,23-/m0/s1. The molecule has 2 aliphatic rings. The van der Waals surface area contributed by atoms with Crippen LogP contribution < -0.4 is 10.2 Å². The molecule has 152 valence electrons. The smallest absolute Gasteiger partial charge is 0.239 e. The molecule has 1 spiro atoms. The second-order valence-corrected chi connectivity index (χ2v) is 7.85. The number of benzene rings is 2. The number of amides is 3. The Hall–Kier alpha value is -3.66. The first-order chi connectivity index (χ1) is 14.4. The molecule has 7 heteroatoms. The van der Waals surface area contributed by atoms with Crippen molar-refractivity contribution in [2.75, 3.05) is 23.8 Å². The number of carbonyl (C=O) groups is 3. The molecule has 2 unspecified atom stereocenters. The largest absolute Gasteiger partial charge is 0.325 e. The Morgan fingerprint density at radius 2 is 1.87 bits per heavy atom. The summed E-state index contributed by atoms with van der Waals surface area (Å²) < 4.78 is 0. The van der Waals surface area contributed by atoms with Gasteiger partial charge in [-0.1, -0.05) is 36.4 Å². The summed E-state index contributed by atoms with van der Waals surface area (Å²) in [6.45, 7) is 1.63. The molecule has 3 atom stereocenters. The molecule has 0 saturated carbocycles. The summed E-state index contributed by atoms with van der Waals surface area (Å²) in [5.74, 6) is -1.98. The number of carbonyl (C=O) groups excluding carboxylic acids is 3. The van der Waals surface area contributed by atoms with Gasteiger partial charge in [-0.25, -0.2) is 0 Å². The number of rotatable bonds is 3. The van der Waals surface area contributed by atoms with Gasteiger partial charge in [0.1, 0.15) is 12.0 Å². The average molecular weight is 402 g/mol. The van der Waals surface area contributed by atoms with E-state index in [1.54, 1.807) is 26.1 Å². The first-order valence-electron chi connectivity index (χ1n) is 9.83. The van der Waals surface area contributed by atoms with E-state index in [0.29, 0.717) is 11.4 Å². The lowest BCUT2D eigenvalue weighted by atomic mass is 9.80. The van der Waals surface area contributed by atoms with Gasteiger partial charge in [-0.3, -0.25) is 14.4 Å². The fourth-order valence-electron chi connectivity index (χ4n) is 4.41. The van der Waals surface area contributed by atoms with Gasteiger partial charge in [0.2, 0.25) is 17.7 Å². The fourth-order valence-corrected chi connectivity index (χ4v) is 4.41. The maximum Gasteiger partial charge on any atom is 0.239 e. The maximum atomic E-state index is 13.2. The summed E-state index contributed by atoms with van der Waals surface area (Å²) in [5, 5.41) is 12.6. The molecular weight excluding hydrogens is 380 g/mol. The zero-order valence-electron chi connectivity index (χ0n) is 16.8. The zero-order valence-corrected chi connectivity index (χ0v) is 16.8. The van der Waals surface area contributed by atoms with Gasteiger partial charge in [-0.05, 0) is 30.7 Å². The molecule has 0 bridgehead atoms. The van der Waals surface area contributed by atoms with E-state index in [0.717, 1.165) is 5.56 Å². The monoisotopic (exact) mass is 402 g/mol. The summed E-state index contributed by atoms with van der Waals surface area (Å²) in [7, 11) is 1.62. The zero-order chi connectivity index (χ0) is 21.5. The SMILES string of the molecule is CC(C(=O)N(C)c1ccccc1)C(=O)N1C[C@]2(CC1C#N)C(=O)Nc1ccccc12. The molecule has 2 aliphatic heterocycles. The first kappa shape index (κ1) is 19.6. The molecule has 1 saturated heterocycles. The summed E-state index contributed by atoms with van der Waals surface area (Å²) in [4.78, 5) is 41.9. The van der Waals surface area contributed by atoms with Gasteiger partial charge >= 0.3 is 0 Å². The molecule has 4 rings (SSSR count). The Balaban J connectivity index is 1.59. The molecular formula is C23H22N4O3. The number of likely N-dealkylation sites (tertiary alicyclic amines) is 1. The number of anilines is 2. The van der Waals surface area contributed by atoms with Gasteiger partial charge in [0, 0.05) is 31.4 Å². The second-order valence-electron chi connectivity index (χ2n) is 7.85. The van der Waals surface area contributed by atoms with Crippen LogP contribution in [0.1, 0.15) is 18.9 Å². The summed E-state index contributed by atoms with van der Waals surface area (Å²) >= 11 is 0. The molecule has 1 fully saturated rings. The van der Waals surface area contributed by atoms with Crippen molar-refractivity contribution in [3.05, 3.63) is 60.2 Å². The van der Waals surface area contributed by atoms with Crippen LogP contribution in [0.25, 0.3) is 0 Å². The van der Waals surface area contributed by atoms with Crippen molar-refractivity contribution < 1.29 is 14.4 Å². The third-order valence-electron chi connectivity index (χ3n) is 6.13. The number of nitrogens with one attached hydrogen (secondary N) is 1. The molecule has 1 N–H and O–H groups in total. The summed E-state index contributed by atoms with van der Waals surface area (Å²) in [5.41, 5.74) is 1.23. The predicted octanol–water partition coefficient (Wildman–Crippen LogP) is 2.30. The highest BCUT2D eigenvalue weighted by Crippen LogP contribution is 2.46. The number of hydrogen-bond donors (Lipinski definition) is 1. The fraction of sp³-hybridized carbons (Fsp3) is 0.304. The van der Waals surface area contributed by atoms with Crippen LogP contribution in [0.3, 0.4) is 0 Å². The van der Waals surface area contributed by atoms with E-state index in [2.05, 4.69) is 11.4 Å². The van der Waals surface area contributed by atoms with Crippen molar-refractivity contribution in [3.63, 3.8) is 0 Å². The van der Waals surface area contributed by atoms with Crippen LogP contribution in [0.5, 0.6) is 0 Å². The summed E-state index contributed by atoms with van der Waals surface area (Å²) in [6.07, 6.45) is 0.216. The highest BCUT2D eigenvalue weighted by molar-refractivity contribution is 6.09. The van der Waals surface area contributed by atoms with Crippen LogP contribution in [0.15, 0.2) is 54.6 Å². The lowest BCUT2D eigenvalue weighted by molar-refractivity contribution is -0.140. The second kappa shape index (κ2) is 7.30. The van der Waals surface area contributed by atoms with E-state index in [1.165, 1.54) is 9.80 Å². The van der Waals surface area contributed by atoms with Gasteiger partial charge < -0.3 is 15.1 Å². The van der Waals surface area contributed by atoms with Gasteiger partial charge in [-0.2, -0.15) is 5.26 Å². The van der Waals surface area contributed by atoms with Crippen LogP contribution >= 0.6 is 0 Å². The van der Waals surface area contributed by atoms with Gasteiger partial charge in [0.25, 0.3) is 0 Å². The Morgan fingerprint density at radius 1 is 1.20 bits per heavy atom. The van der Waals surface area contributed by atoms with Crippen molar-refractivity contribution in [3.8, 4) is 6.07 Å². The van der Waals surface area contributed by atoms with Crippen LogP contribution in [0.4, 0.5) is 11.4 Å². The minimum Gasteiger partial charge on any atom is -0.325 e. The number of nitriles is 1. The molecule has 0 aliphatic carbocycles. The minimum absolute atomic E-state index is 0.0829. The van der Waals surface area contributed by atoms with Crippen LogP contribution in [0, 0.1) is 17.2 Å². The van der Waals surface area contributed by atoms with Crippen molar-refractivity contribution >= 4 is 29.1 Å². The van der Waals surface area contributed by atoms with Crippen molar-refractivity contribution in [2.45, 2.75) is 24.8 Å². The Kier molecular flexibility index (Phi) is 4.78. The van der Waals surface area contributed by atoms with E-state index < -0.39 is 23.3 Å². The number of para-hydroxylation sites is 2. The van der Waals surface area contributed by atoms with Gasteiger partial charge in [-0.15, -0.1) is 0 Å². The predicted molar refractivity (Wildman–Crippen MR) is 111 cm³/mol. The van der Waals surface area contributed by atoms with Gasteiger partial charge in [0.05, 0.1) is 11.5 Å². The van der Waals surface area contributed by atoms with E-state index in [-0.39, 0.29) is 24.8 Å². The van der Waals surface area contributed by atoms with E-state index in [4.69, 9.17) is 0 Å². The molecule has 2 heterocycles. The average Bonchev–Trinajstić information content (AvgIpc) is 3.31. The van der Waals surface area contributed by atoms with Crippen LogP contribution in [-0.2, 0) is 19.8 Å². The van der Waals surface area contributed by atoms with Crippen LogP contribution in [-0.4, -0.2) is 42.3 Å². The highest BCUT2D eigenvalue weighted by Gasteiger charge is 2.56. The maximum absolute atomic E-state index is 13.2. The molecule has 30 heavy (non-hydrogen) atoms.